The van der Waals surface area contributed by atoms with E-state index in [1.807, 2.05) is 0 Å². The first-order chi connectivity index (χ1) is 7.84. The Bertz CT molecular complexity index is 184. The van der Waals surface area contributed by atoms with Crippen LogP contribution in [0.4, 0.5) is 0 Å². The van der Waals surface area contributed by atoms with Crippen LogP contribution >= 0.6 is 11.8 Å². The molecule has 1 aliphatic carbocycles. The van der Waals surface area contributed by atoms with Crippen LogP contribution in [0.15, 0.2) is 0 Å². The second-order valence-corrected chi connectivity index (χ2v) is 6.59. The van der Waals surface area contributed by atoms with Crippen LogP contribution in [0.3, 0.4) is 0 Å². The Morgan fingerprint density at radius 1 is 1.12 bits per heavy atom. The standard InChI is InChI=1S/C13H26N2S/c1-12-2-4-13(5-3-12)14-6-7-15-8-10-16-11-9-15/h12-14H,2-11H2,1H3. The van der Waals surface area contributed by atoms with Crippen molar-refractivity contribution in [2.24, 2.45) is 5.92 Å². The average Bonchev–Trinajstić information content (AvgIpc) is 2.33. The molecule has 0 aromatic heterocycles. The zero-order chi connectivity index (χ0) is 11.2. The summed E-state index contributed by atoms with van der Waals surface area (Å²) in [6.07, 6.45) is 5.66. The van der Waals surface area contributed by atoms with Crippen molar-refractivity contribution in [1.82, 2.24) is 10.2 Å². The maximum atomic E-state index is 3.74. The summed E-state index contributed by atoms with van der Waals surface area (Å²) in [5, 5.41) is 3.74. The Labute approximate surface area is 105 Å². The molecule has 0 bridgehead atoms. The van der Waals surface area contributed by atoms with Gasteiger partial charge in [0.05, 0.1) is 0 Å². The van der Waals surface area contributed by atoms with E-state index in [0.717, 1.165) is 12.0 Å². The van der Waals surface area contributed by atoms with E-state index in [-0.39, 0.29) is 0 Å². The lowest BCUT2D eigenvalue weighted by atomic mass is 9.87. The van der Waals surface area contributed by atoms with Gasteiger partial charge in [-0.05, 0) is 31.6 Å². The summed E-state index contributed by atoms with van der Waals surface area (Å²) in [5.41, 5.74) is 0. The minimum Gasteiger partial charge on any atom is -0.313 e. The molecule has 0 spiro atoms. The number of hydrogen-bond acceptors (Lipinski definition) is 3. The molecule has 2 rings (SSSR count). The fourth-order valence-electron chi connectivity index (χ4n) is 2.72. The van der Waals surface area contributed by atoms with Gasteiger partial charge in [0.1, 0.15) is 0 Å². The predicted molar refractivity (Wildman–Crippen MR) is 73.2 cm³/mol. The van der Waals surface area contributed by atoms with E-state index in [4.69, 9.17) is 0 Å². The monoisotopic (exact) mass is 242 g/mol. The summed E-state index contributed by atoms with van der Waals surface area (Å²) in [4.78, 5) is 2.61. The molecule has 1 aliphatic heterocycles. The molecule has 94 valence electrons. The van der Waals surface area contributed by atoms with Crippen molar-refractivity contribution in [3.63, 3.8) is 0 Å². The van der Waals surface area contributed by atoms with E-state index >= 15 is 0 Å². The highest BCUT2D eigenvalue weighted by Crippen LogP contribution is 2.23. The van der Waals surface area contributed by atoms with E-state index in [0.29, 0.717) is 0 Å². The first kappa shape index (κ1) is 12.7. The molecule has 1 N–H and O–H groups in total. The van der Waals surface area contributed by atoms with Gasteiger partial charge in [0, 0.05) is 43.7 Å². The first-order valence-corrected chi connectivity index (χ1v) is 8.03. The smallest absolute Gasteiger partial charge is 0.0108 e. The Morgan fingerprint density at radius 2 is 1.81 bits per heavy atom. The molecular formula is C13H26N2S. The molecule has 0 aromatic rings. The second-order valence-electron chi connectivity index (χ2n) is 5.36. The summed E-state index contributed by atoms with van der Waals surface area (Å²) in [5.74, 6) is 3.64. The second kappa shape index (κ2) is 6.87. The maximum Gasteiger partial charge on any atom is 0.0108 e. The summed E-state index contributed by atoms with van der Waals surface area (Å²) in [6.45, 7) is 7.44. The number of nitrogens with zero attached hydrogens (tertiary/aromatic N) is 1. The van der Waals surface area contributed by atoms with Crippen molar-refractivity contribution in [2.45, 2.75) is 38.6 Å². The first-order valence-electron chi connectivity index (χ1n) is 6.88. The summed E-state index contributed by atoms with van der Waals surface area (Å²) in [6, 6.07) is 0.815. The lowest BCUT2D eigenvalue weighted by molar-refractivity contribution is 0.269. The zero-order valence-electron chi connectivity index (χ0n) is 10.6. The van der Waals surface area contributed by atoms with Gasteiger partial charge in [-0.1, -0.05) is 6.92 Å². The van der Waals surface area contributed by atoms with E-state index < -0.39 is 0 Å². The molecule has 2 nitrogen and oxygen atoms in total. The molecule has 0 amide bonds. The molecule has 0 atom stereocenters. The van der Waals surface area contributed by atoms with Crippen LogP contribution in [0.5, 0.6) is 0 Å². The van der Waals surface area contributed by atoms with Crippen molar-refractivity contribution in [2.75, 3.05) is 37.7 Å². The van der Waals surface area contributed by atoms with Crippen molar-refractivity contribution < 1.29 is 0 Å². The van der Waals surface area contributed by atoms with Gasteiger partial charge in [-0.3, -0.25) is 0 Å². The summed E-state index contributed by atoms with van der Waals surface area (Å²) in [7, 11) is 0. The minimum atomic E-state index is 0.815. The Morgan fingerprint density at radius 3 is 2.50 bits per heavy atom. The van der Waals surface area contributed by atoms with Crippen molar-refractivity contribution in [3.05, 3.63) is 0 Å². The molecule has 2 aliphatic rings. The SMILES string of the molecule is CC1CCC(NCCN2CCSCC2)CC1. The van der Waals surface area contributed by atoms with Crippen LogP contribution in [0.1, 0.15) is 32.6 Å². The Hall–Kier alpha value is 0.270. The molecule has 0 aromatic carbocycles. The fourth-order valence-corrected chi connectivity index (χ4v) is 3.69. The van der Waals surface area contributed by atoms with Crippen LogP contribution in [-0.2, 0) is 0 Å². The number of thioether (sulfide) groups is 1. The Balaban J connectivity index is 1.53. The lowest BCUT2D eigenvalue weighted by Crippen LogP contribution is -2.41. The summed E-state index contributed by atoms with van der Waals surface area (Å²) < 4.78 is 0. The lowest BCUT2D eigenvalue weighted by Gasteiger charge is -2.30. The third-order valence-corrected chi connectivity index (χ3v) is 4.92. The van der Waals surface area contributed by atoms with Gasteiger partial charge in [0.2, 0.25) is 0 Å². The minimum absolute atomic E-state index is 0.815. The molecule has 1 saturated carbocycles. The fraction of sp³-hybridized carbons (Fsp3) is 1.00. The molecule has 1 heterocycles. The number of hydrogen-bond donors (Lipinski definition) is 1. The molecule has 16 heavy (non-hydrogen) atoms. The third-order valence-electron chi connectivity index (χ3n) is 3.98. The van der Waals surface area contributed by atoms with Crippen LogP contribution < -0.4 is 5.32 Å². The van der Waals surface area contributed by atoms with Crippen molar-refractivity contribution in [3.8, 4) is 0 Å². The Kier molecular flexibility index (Phi) is 5.46. The van der Waals surface area contributed by atoms with Gasteiger partial charge in [-0.25, -0.2) is 0 Å². The predicted octanol–water partition coefficient (Wildman–Crippen LogP) is 2.20. The van der Waals surface area contributed by atoms with E-state index in [1.54, 1.807) is 0 Å². The third kappa shape index (κ3) is 4.27. The van der Waals surface area contributed by atoms with Crippen LogP contribution in [0.2, 0.25) is 0 Å². The largest absolute Gasteiger partial charge is 0.313 e. The van der Waals surface area contributed by atoms with Gasteiger partial charge in [-0.2, -0.15) is 11.8 Å². The van der Waals surface area contributed by atoms with Gasteiger partial charge in [0.25, 0.3) is 0 Å². The highest BCUT2D eigenvalue weighted by atomic mass is 32.2. The normalized spacial score (nSPS) is 32.8. The highest BCUT2D eigenvalue weighted by Gasteiger charge is 2.17. The molecule has 0 radical (unpaired) electrons. The van der Waals surface area contributed by atoms with Crippen molar-refractivity contribution in [1.29, 1.82) is 0 Å². The summed E-state index contributed by atoms with van der Waals surface area (Å²) >= 11 is 2.10. The molecule has 2 fully saturated rings. The van der Waals surface area contributed by atoms with Gasteiger partial charge in [-0.15, -0.1) is 0 Å². The number of nitrogens with one attached hydrogen (secondary N) is 1. The van der Waals surface area contributed by atoms with Crippen LogP contribution in [0.25, 0.3) is 0 Å². The van der Waals surface area contributed by atoms with Gasteiger partial charge < -0.3 is 10.2 Å². The quantitative estimate of drug-likeness (QED) is 0.814. The number of rotatable bonds is 4. The zero-order valence-corrected chi connectivity index (χ0v) is 11.4. The average molecular weight is 242 g/mol. The van der Waals surface area contributed by atoms with E-state index in [9.17, 15) is 0 Å². The topological polar surface area (TPSA) is 15.3 Å². The van der Waals surface area contributed by atoms with Crippen molar-refractivity contribution >= 4 is 11.8 Å². The molecule has 0 unspecified atom stereocenters. The maximum absolute atomic E-state index is 3.74. The van der Waals surface area contributed by atoms with Gasteiger partial charge in [0.15, 0.2) is 0 Å². The van der Waals surface area contributed by atoms with Crippen LogP contribution in [-0.4, -0.2) is 48.6 Å². The van der Waals surface area contributed by atoms with Crippen LogP contribution in [0, 0.1) is 5.92 Å². The van der Waals surface area contributed by atoms with E-state index in [1.165, 1.54) is 63.4 Å². The van der Waals surface area contributed by atoms with E-state index in [2.05, 4.69) is 28.9 Å². The molecular weight excluding hydrogens is 216 g/mol. The van der Waals surface area contributed by atoms with Gasteiger partial charge >= 0.3 is 0 Å². The highest BCUT2D eigenvalue weighted by molar-refractivity contribution is 7.99. The molecule has 3 heteroatoms. The molecule has 1 saturated heterocycles.